The Morgan fingerprint density at radius 3 is 2.38 bits per heavy atom. The molecule has 0 saturated carbocycles. The SMILES string of the molecule is CSC(C)(C)CNc1ccc(C(N)=S)cc1. The summed E-state index contributed by atoms with van der Waals surface area (Å²) in [6.45, 7) is 5.36. The van der Waals surface area contributed by atoms with Crippen molar-refractivity contribution in [2.75, 3.05) is 18.1 Å². The van der Waals surface area contributed by atoms with Gasteiger partial charge in [0, 0.05) is 22.5 Å². The molecule has 0 bridgehead atoms. The fraction of sp³-hybridized carbons (Fsp3) is 0.417. The first kappa shape index (κ1) is 13.3. The Bertz CT molecular complexity index is 358. The summed E-state index contributed by atoms with van der Waals surface area (Å²) in [6, 6.07) is 7.89. The van der Waals surface area contributed by atoms with Crippen LogP contribution in [-0.2, 0) is 0 Å². The number of nitrogens with one attached hydrogen (secondary N) is 1. The average molecular weight is 254 g/mol. The zero-order valence-electron chi connectivity index (χ0n) is 9.91. The van der Waals surface area contributed by atoms with Crippen LogP contribution in [0.3, 0.4) is 0 Å². The van der Waals surface area contributed by atoms with E-state index in [1.165, 1.54) is 0 Å². The molecule has 0 aromatic heterocycles. The van der Waals surface area contributed by atoms with Crippen LogP contribution in [0.1, 0.15) is 19.4 Å². The lowest BCUT2D eigenvalue weighted by molar-refractivity contribution is 0.753. The summed E-state index contributed by atoms with van der Waals surface area (Å²) in [4.78, 5) is 0.441. The lowest BCUT2D eigenvalue weighted by atomic mass is 10.2. The quantitative estimate of drug-likeness (QED) is 0.793. The highest BCUT2D eigenvalue weighted by Crippen LogP contribution is 2.21. The summed E-state index contributed by atoms with van der Waals surface area (Å²) in [5, 5.41) is 3.40. The van der Waals surface area contributed by atoms with Crippen molar-refractivity contribution < 1.29 is 0 Å². The lowest BCUT2D eigenvalue weighted by Gasteiger charge is -2.23. The van der Waals surface area contributed by atoms with E-state index in [9.17, 15) is 0 Å². The third-order valence-electron chi connectivity index (χ3n) is 2.44. The standard InChI is InChI=1S/C12H18N2S2/c1-12(2,16-3)8-14-10-6-4-9(5-7-10)11(13)15/h4-7,14H,8H2,1-3H3,(H2,13,15). The Labute approximate surface area is 107 Å². The number of benzene rings is 1. The number of nitrogens with two attached hydrogens (primary N) is 1. The van der Waals surface area contributed by atoms with E-state index in [1.807, 2.05) is 36.0 Å². The van der Waals surface area contributed by atoms with Crippen molar-refractivity contribution in [1.82, 2.24) is 0 Å². The van der Waals surface area contributed by atoms with Crippen molar-refractivity contribution in [1.29, 1.82) is 0 Å². The molecular weight excluding hydrogens is 236 g/mol. The molecule has 0 aliphatic heterocycles. The van der Waals surface area contributed by atoms with E-state index < -0.39 is 0 Å². The topological polar surface area (TPSA) is 38.0 Å². The van der Waals surface area contributed by atoms with Gasteiger partial charge in [-0.2, -0.15) is 11.8 Å². The first-order valence-corrected chi connectivity index (χ1v) is 6.77. The Morgan fingerprint density at radius 2 is 1.94 bits per heavy atom. The van der Waals surface area contributed by atoms with Crippen molar-refractivity contribution in [3.63, 3.8) is 0 Å². The molecule has 0 heterocycles. The maximum absolute atomic E-state index is 5.54. The van der Waals surface area contributed by atoms with Gasteiger partial charge in [-0.15, -0.1) is 0 Å². The van der Waals surface area contributed by atoms with E-state index in [4.69, 9.17) is 18.0 Å². The molecule has 0 amide bonds. The summed E-state index contributed by atoms with van der Waals surface area (Å²) < 4.78 is 0.238. The molecule has 0 unspecified atom stereocenters. The predicted octanol–water partition coefficient (Wildman–Crippen LogP) is 2.87. The summed E-state index contributed by atoms with van der Waals surface area (Å²) in [5.41, 5.74) is 7.54. The van der Waals surface area contributed by atoms with Gasteiger partial charge >= 0.3 is 0 Å². The minimum atomic E-state index is 0.238. The summed E-state index contributed by atoms with van der Waals surface area (Å²) in [5.74, 6) is 0. The number of hydrogen-bond acceptors (Lipinski definition) is 3. The monoisotopic (exact) mass is 254 g/mol. The van der Waals surface area contributed by atoms with Crippen LogP contribution in [0.15, 0.2) is 24.3 Å². The smallest absolute Gasteiger partial charge is 0.103 e. The molecule has 88 valence electrons. The molecule has 1 aromatic rings. The van der Waals surface area contributed by atoms with Crippen molar-refractivity contribution in [2.45, 2.75) is 18.6 Å². The first-order chi connectivity index (χ1) is 7.44. The average Bonchev–Trinajstić information content (AvgIpc) is 2.27. The van der Waals surface area contributed by atoms with Gasteiger partial charge < -0.3 is 11.1 Å². The van der Waals surface area contributed by atoms with Crippen molar-refractivity contribution in [3.8, 4) is 0 Å². The zero-order chi connectivity index (χ0) is 12.2. The molecule has 0 atom stereocenters. The molecular formula is C12H18N2S2. The van der Waals surface area contributed by atoms with Crippen LogP contribution < -0.4 is 11.1 Å². The second kappa shape index (κ2) is 5.55. The van der Waals surface area contributed by atoms with E-state index in [2.05, 4.69) is 25.4 Å². The second-order valence-electron chi connectivity index (χ2n) is 4.26. The summed E-state index contributed by atoms with van der Waals surface area (Å²) in [6.07, 6.45) is 2.12. The molecule has 0 radical (unpaired) electrons. The van der Waals surface area contributed by atoms with Gasteiger partial charge in [-0.05, 0) is 44.4 Å². The van der Waals surface area contributed by atoms with Gasteiger partial charge in [0.15, 0.2) is 0 Å². The van der Waals surface area contributed by atoms with Gasteiger partial charge in [-0.1, -0.05) is 12.2 Å². The molecule has 4 heteroatoms. The maximum atomic E-state index is 5.54. The van der Waals surface area contributed by atoms with Gasteiger partial charge in [0.05, 0.1) is 0 Å². The molecule has 1 rings (SSSR count). The molecule has 16 heavy (non-hydrogen) atoms. The fourth-order valence-electron chi connectivity index (χ4n) is 1.14. The van der Waals surface area contributed by atoms with Crippen LogP contribution >= 0.6 is 24.0 Å². The molecule has 0 aliphatic rings. The highest BCUT2D eigenvalue weighted by atomic mass is 32.2. The largest absolute Gasteiger partial charge is 0.389 e. The predicted molar refractivity (Wildman–Crippen MR) is 78.4 cm³/mol. The van der Waals surface area contributed by atoms with Gasteiger partial charge in [0.2, 0.25) is 0 Å². The van der Waals surface area contributed by atoms with Gasteiger partial charge in [0.1, 0.15) is 4.99 Å². The Balaban J connectivity index is 2.59. The van der Waals surface area contributed by atoms with Crippen molar-refractivity contribution in [2.24, 2.45) is 5.73 Å². The van der Waals surface area contributed by atoms with Gasteiger partial charge in [-0.25, -0.2) is 0 Å². The Hall–Kier alpha value is -0.740. The maximum Gasteiger partial charge on any atom is 0.103 e. The minimum Gasteiger partial charge on any atom is -0.389 e. The number of rotatable bonds is 5. The number of thiocarbonyl (C=S) groups is 1. The fourth-order valence-corrected chi connectivity index (χ4v) is 1.49. The van der Waals surface area contributed by atoms with Crippen LogP contribution in [0, 0.1) is 0 Å². The van der Waals surface area contributed by atoms with Gasteiger partial charge in [-0.3, -0.25) is 0 Å². The summed E-state index contributed by atoms with van der Waals surface area (Å²) >= 11 is 6.75. The second-order valence-corrected chi connectivity index (χ2v) is 6.21. The van der Waals surface area contributed by atoms with E-state index in [1.54, 1.807) is 0 Å². The molecule has 0 spiro atoms. The van der Waals surface area contributed by atoms with Crippen molar-refractivity contribution in [3.05, 3.63) is 29.8 Å². The van der Waals surface area contributed by atoms with E-state index in [-0.39, 0.29) is 4.75 Å². The first-order valence-electron chi connectivity index (χ1n) is 5.13. The molecule has 0 aliphatic carbocycles. The van der Waals surface area contributed by atoms with Crippen molar-refractivity contribution >= 4 is 34.7 Å². The molecule has 0 saturated heterocycles. The molecule has 1 aromatic carbocycles. The van der Waals surface area contributed by atoms with Crippen LogP contribution in [0.5, 0.6) is 0 Å². The number of hydrogen-bond donors (Lipinski definition) is 2. The Kier molecular flexibility index (Phi) is 4.62. The molecule has 0 fully saturated rings. The highest BCUT2D eigenvalue weighted by Gasteiger charge is 2.14. The minimum absolute atomic E-state index is 0.238. The highest BCUT2D eigenvalue weighted by molar-refractivity contribution is 7.99. The summed E-state index contributed by atoms with van der Waals surface area (Å²) in [7, 11) is 0. The van der Waals surface area contributed by atoms with Crippen LogP contribution in [-0.4, -0.2) is 22.5 Å². The zero-order valence-corrected chi connectivity index (χ0v) is 11.5. The van der Waals surface area contributed by atoms with Crippen LogP contribution in [0.2, 0.25) is 0 Å². The van der Waals surface area contributed by atoms with Gasteiger partial charge in [0.25, 0.3) is 0 Å². The number of thioether (sulfide) groups is 1. The molecule has 2 nitrogen and oxygen atoms in total. The third-order valence-corrected chi connectivity index (χ3v) is 3.93. The van der Waals surface area contributed by atoms with E-state index in [0.29, 0.717) is 4.99 Å². The van der Waals surface area contributed by atoms with E-state index >= 15 is 0 Å². The van der Waals surface area contributed by atoms with E-state index in [0.717, 1.165) is 17.8 Å². The lowest BCUT2D eigenvalue weighted by Crippen LogP contribution is -2.25. The number of anilines is 1. The van der Waals surface area contributed by atoms with Crippen LogP contribution in [0.25, 0.3) is 0 Å². The third kappa shape index (κ3) is 4.02. The normalized spacial score (nSPS) is 11.2. The molecule has 3 N–H and O–H groups in total. The Morgan fingerprint density at radius 1 is 1.38 bits per heavy atom. The van der Waals surface area contributed by atoms with Crippen LogP contribution in [0.4, 0.5) is 5.69 Å².